The second kappa shape index (κ2) is 13.5. The van der Waals surface area contributed by atoms with Gasteiger partial charge in [-0.25, -0.2) is 4.79 Å². The molecule has 0 atom stereocenters. The molecule has 0 amide bonds. The van der Waals surface area contributed by atoms with Gasteiger partial charge in [0.15, 0.2) is 6.61 Å². The van der Waals surface area contributed by atoms with Crippen molar-refractivity contribution in [1.29, 1.82) is 0 Å². The summed E-state index contributed by atoms with van der Waals surface area (Å²) in [5, 5.41) is 9.31. The van der Waals surface area contributed by atoms with Crippen molar-refractivity contribution in [2.75, 3.05) is 13.2 Å². The Morgan fingerprint density at radius 2 is 1.31 bits per heavy atom. The summed E-state index contributed by atoms with van der Waals surface area (Å²) in [5.74, 6) is 1.24. The van der Waals surface area contributed by atoms with Crippen molar-refractivity contribution < 1.29 is 24.1 Å². The van der Waals surface area contributed by atoms with Gasteiger partial charge in [-0.05, 0) is 73.0 Å². The number of carbonyl (C=O) groups is 1. The fourth-order valence-electron chi connectivity index (χ4n) is 2.93. The van der Waals surface area contributed by atoms with E-state index in [9.17, 15) is 9.90 Å². The first-order chi connectivity index (χ1) is 17.0. The SMILES string of the molecule is CC(C)=CCOC(=O)COc1ccc(COc2ccc(C=CC=Cc3ccc(O)cc3)cc2)cc1. The van der Waals surface area contributed by atoms with Gasteiger partial charge in [0.25, 0.3) is 0 Å². The number of hydrogen-bond donors (Lipinski definition) is 1. The summed E-state index contributed by atoms with van der Waals surface area (Å²) >= 11 is 0. The molecule has 0 radical (unpaired) electrons. The summed E-state index contributed by atoms with van der Waals surface area (Å²) in [6, 6.07) is 22.3. The van der Waals surface area contributed by atoms with Crippen LogP contribution in [-0.2, 0) is 16.1 Å². The van der Waals surface area contributed by atoms with Gasteiger partial charge in [0, 0.05) is 0 Å². The molecule has 0 heterocycles. The topological polar surface area (TPSA) is 65.0 Å². The van der Waals surface area contributed by atoms with E-state index >= 15 is 0 Å². The van der Waals surface area contributed by atoms with Crippen LogP contribution in [0.5, 0.6) is 17.2 Å². The summed E-state index contributed by atoms with van der Waals surface area (Å²) < 4.78 is 16.4. The fourth-order valence-corrected chi connectivity index (χ4v) is 2.93. The number of benzene rings is 3. The van der Waals surface area contributed by atoms with Crippen molar-refractivity contribution in [2.24, 2.45) is 0 Å². The van der Waals surface area contributed by atoms with Crippen LogP contribution >= 0.6 is 0 Å². The number of rotatable bonds is 11. The minimum atomic E-state index is -0.401. The van der Waals surface area contributed by atoms with Crippen molar-refractivity contribution in [3.63, 3.8) is 0 Å². The van der Waals surface area contributed by atoms with Crippen LogP contribution in [0.2, 0.25) is 0 Å². The van der Waals surface area contributed by atoms with Crippen LogP contribution in [0.1, 0.15) is 30.5 Å². The van der Waals surface area contributed by atoms with Crippen LogP contribution in [0.25, 0.3) is 12.2 Å². The molecule has 3 aromatic carbocycles. The highest BCUT2D eigenvalue weighted by Crippen LogP contribution is 2.17. The van der Waals surface area contributed by atoms with Crippen molar-refractivity contribution in [3.8, 4) is 17.2 Å². The number of carbonyl (C=O) groups excluding carboxylic acids is 1. The van der Waals surface area contributed by atoms with Gasteiger partial charge in [-0.15, -0.1) is 0 Å². The molecular formula is C30H30O5. The largest absolute Gasteiger partial charge is 0.508 e. The second-order valence-corrected chi connectivity index (χ2v) is 8.06. The zero-order valence-electron chi connectivity index (χ0n) is 20.0. The molecule has 5 heteroatoms. The van der Waals surface area contributed by atoms with Crippen LogP contribution in [0.3, 0.4) is 0 Å². The Morgan fingerprint density at radius 3 is 1.91 bits per heavy atom. The highest BCUT2D eigenvalue weighted by atomic mass is 16.6. The molecule has 3 aromatic rings. The molecule has 0 aliphatic heterocycles. The molecule has 0 bridgehead atoms. The van der Waals surface area contributed by atoms with E-state index in [2.05, 4.69) is 0 Å². The average Bonchev–Trinajstić information content (AvgIpc) is 2.86. The lowest BCUT2D eigenvalue weighted by Crippen LogP contribution is -2.15. The Bertz CT molecular complexity index is 1150. The smallest absolute Gasteiger partial charge is 0.344 e. The van der Waals surface area contributed by atoms with E-state index in [1.165, 1.54) is 0 Å². The minimum Gasteiger partial charge on any atom is -0.508 e. The fraction of sp³-hybridized carbons (Fsp3) is 0.167. The summed E-state index contributed by atoms with van der Waals surface area (Å²) in [6.07, 6.45) is 9.75. The van der Waals surface area contributed by atoms with E-state index in [0.29, 0.717) is 12.4 Å². The highest BCUT2D eigenvalue weighted by Gasteiger charge is 2.04. The number of phenols is 1. The van der Waals surface area contributed by atoms with Crippen LogP contribution in [0.4, 0.5) is 0 Å². The van der Waals surface area contributed by atoms with Crippen molar-refractivity contribution in [2.45, 2.75) is 20.5 Å². The lowest BCUT2D eigenvalue weighted by molar-refractivity contribution is -0.144. The number of esters is 1. The Hall–Kier alpha value is -4.25. The van der Waals surface area contributed by atoms with Gasteiger partial charge >= 0.3 is 5.97 Å². The predicted molar refractivity (Wildman–Crippen MR) is 139 cm³/mol. The molecule has 0 aromatic heterocycles. The van der Waals surface area contributed by atoms with Gasteiger partial charge < -0.3 is 19.3 Å². The Labute approximate surface area is 206 Å². The molecule has 0 unspecified atom stereocenters. The molecule has 0 saturated carbocycles. The van der Waals surface area contributed by atoms with Gasteiger partial charge in [0.05, 0.1) is 0 Å². The van der Waals surface area contributed by atoms with E-state index < -0.39 is 5.97 Å². The van der Waals surface area contributed by atoms with Gasteiger partial charge in [-0.3, -0.25) is 0 Å². The lowest BCUT2D eigenvalue weighted by Gasteiger charge is -2.09. The third kappa shape index (κ3) is 9.64. The molecule has 5 nitrogen and oxygen atoms in total. The molecule has 3 rings (SSSR count). The molecule has 180 valence electrons. The third-order valence-electron chi connectivity index (χ3n) is 4.88. The van der Waals surface area contributed by atoms with Crippen LogP contribution < -0.4 is 9.47 Å². The summed E-state index contributed by atoms with van der Waals surface area (Å²) in [7, 11) is 0. The Morgan fingerprint density at radius 1 is 0.771 bits per heavy atom. The first-order valence-corrected chi connectivity index (χ1v) is 11.4. The molecule has 0 aliphatic rings. The Kier molecular flexibility index (Phi) is 9.75. The summed E-state index contributed by atoms with van der Waals surface area (Å²) in [4.78, 5) is 11.7. The highest BCUT2D eigenvalue weighted by molar-refractivity contribution is 5.71. The average molecular weight is 471 g/mol. The third-order valence-corrected chi connectivity index (χ3v) is 4.88. The Balaban J connectivity index is 1.40. The molecule has 0 fully saturated rings. The van der Waals surface area contributed by atoms with E-state index in [4.69, 9.17) is 14.2 Å². The molecule has 0 aliphatic carbocycles. The summed E-state index contributed by atoms with van der Waals surface area (Å²) in [6.45, 7) is 4.46. The molecule has 35 heavy (non-hydrogen) atoms. The molecular weight excluding hydrogens is 440 g/mol. The molecule has 0 spiro atoms. The van der Waals surface area contributed by atoms with Crippen LogP contribution in [0.15, 0.2) is 96.6 Å². The zero-order valence-corrected chi connectivity index (χ0v) is 20.0. The lowest BCUT2D eigenvalue weighted by atomic mass is 10.1. The predicted octanol–water partition coefficient (Wildman–Crippen LogP) is 6.59. The maximum atomic E-state index is 11.7. The van der Waals surface area contributed by atoms with Crippen LogP contribution in [0, 0.1) is 0 Å². The number of aromatic hydroxyl groups is 1. The molecule has 0 saturated heterocycles. The maximum Gasteiger partial charge on any atom is 0.344 e. The van der Waals surface area contributed by atoms with Crippen molar-refractivity contribution in [3.05, 3.63) is 113 Å². The van der Waals surface area contributed by atoms with Gasteiger partial charge in [0.2, 0.25) is 0 Å². The van der Waals surface area contributed by atoms with Gasteiger partial charge in [-0.2, -0.15) is 0 Å². The van der Waals surface area contributed by atoms with Gasteiger partial charge in [0.1, 0.15) is 30.5 Å². The number of phenolic OH excluding ortho intramolecular Hbond substituents is 1. The van der Waals surface area contributed by atoms with Crippen molar-refractivity contribution >= 4 is 18.1 Å². The first-order valence-electron chi connectivity index (χ1n) is 11.4. The monoisotopic (exact) mass is 470 g/mol. The number of hydrogen-bond acceptors (Lipinski definition) is 5. The normalized spacial score (nSPS) is 10.9. The van der Waals surface area contributed by atoms with Gasteiger partial charge in [-0.1, -0.05) is 66.3 Å². The van der Waals surface area contributed by atoms with E-state index in [0.717, 1.165) is 28.0 Å². The number of ether oxygens (including phenoxy) is 3. The van der Waals surface area contributed by atoms with Crippen LogP contribution in [-0.4, -0.2) is 24.3 Å². The second-order valence-electron chi connectivity index (χ2n) is 8.06. The molecule has 1 N–H and O–H groups in total. The van der Waals surface area contributed by atoms with E-state index in [1.54, 1.807) is 12.1 Å². The first kappa shape index (κ1) is 25.4. The standard InChI is InChI=1S/C30H30O5/c1-23(2)19-20-33-30(32)22-35-29-17-11-26(12-18-29)21-34-28-15-9-25(10-16-28)6-4-3-5-24-7-13-27(31)14-8-24/h3-19,31H,20-22H2,1-2H3. The van der Waals surface area contributed by atoms with E-state index in [-0.39, 0.29) is 19.0 Å². The zero-order chi connectivity index (χ0) is 24.9. The van der Waals surface area contributed by atoms with Crippen molar-refractivity contribution in [1.82, 2.24) is 0 Å². The summed E-state index contributed by atoms with van der Waals surface area (Å²) in [5.41, 5.74) is 4.17. The minimum absolute atomic E-state index is 0.125. The quantitative estimate of drug-likeness (QED) is 0.195. The van der Waals surface area contributed by atoms with E-state index in [1.807, 2.05) is 105 Å². The maximum absolute atomic E-state index is 11.7. The number of allylic oxidation sites excluding steroid dienone is 3.